The Kier molecular flexibility index (Phi) is 5.99. The largest absolute Gasteiger partial charge is 0.454 e. The third-order valence-corrected chi connectivity index (χ3v) is 6.53. The summed E-state index contributed by atoms with van der Waals surface area (Å²) in [5, 5.41) is 15.2. The maximum atomic E-state index is 14.8. The number of nitrogens with one attached hydrogen (secondary N) is 1. The number of fused-ring (bicyclic) bond motifs is 2. The maximum Gasteiger partial charge on any atom is 0.419 e. The van der Waals surface area contributed by atoms with Crippen LogP contribution >= 0.6 is 0 Å². The standard InChI is InChI=1S/C26H25F3N4O3/c1-16-9-10-17-19(31-16)6-4-7-20(17)32-24(18-5-3-8-21-23(18)36-15-35-21)25(34,26(27,28)29)12-11-22-30-13-14-33(22)2/h3-10,13-14,24,32,34H,11-12,15H2,1-2H3. The topological polar surface area (TPSA) is 81.4 Å². The summed E-state index contributed by atoms with van der Waals surface area (Å²) in [5.41, 5.74) is -1.23. The van der Waals surface area contributed by atoms with Crippen LogP contribution in [0.2, 0.25) is 0 Å². The van der Waals surface area contributed by atoms with Crippen molar-refractivity contribution in [3.05, 3.63) is 78.0 Å². The molecule has 4 aromatic rings. The molecule has 0 saturated carbocycles. The molecular formula is C26H25F3N4O3. The van der Waals surface area contributed by atoms with Crippen LogP contribution in [0.3, 0.4) is 0 Å². The van der Waals surface area contributed by atoms with E-state index in [1.807, 2.05) is 6.92 Å². The van der Waals surface area contributed by atoms with Crippen LogP contribution in [-0.4, -0.2) is 38.2 Å². The Morgan fingerprint density at radius 3 is 2.67 bits per heavy atom. The highest BCUT2D eigenvalue weighted by atomic mass is 19.4. The Morgan fingerprint density at radius 1 is 1.11 bits per heavy atom. The van der Waals surface area contributed by atoms with Gasteiger partial charge >= 0.3 is 6.18 Å². The van der Waals surface area contributed by atoms with Gasteiger partial charge in [-0.05, 0) is 43.7 Å². The van der Waals surface area contributed by atoms with E-state index < -0.39 is 24.2 Å². The molecular weight excluding hydrogens is 473 g/mol. The van der Waals surface area contributed by atoms with E-state index in [1.54, 1.807) is 60.3 Å². The summed E-state index contributed by atoms with van der Waals surface area (Å²) in [7, 11) is 1.70. The lowest BCUT2D eigenvalue weighted by atomic mass is 9.83. The third kappa shape index (κ3) is 4.21. The predicted molar refractivity (Wildman–Crippen MR) is 128 cm³/mol. The first-order chi connectivity index (χ1) is 17.2. The fourth-order valence-corrected chi connectivity index (χ4v) is 4.56. The molecule has 2 atom stereocenters. The molecule has 0 fully saturated rings. The van der Waals surface area contributed by atoms with E-state index in [0.29, 0.717) is 28.2 Å². The van der Waals surface area contributed by atoms with E-state index in [1.165, 1.54) is 12.3 Å². The molecule has 0 aliphatic carbocycles. The number of hydrogen-bond donors (Lipinski definition) is 2. The van der Waals surface area contributed by atoms with Crippen LogP contribution in [0, 0.1) is 6.92 Å². The number of alkyl halides is 3. The highest BCUT2D eigenvalue weighted by Gasteiger charge is 2.59. The van der Waals surface area contributed by atoms with Gasteiger partial charge in [-0.1, -0.05) is 18.2 Å². The fourth-order valence-electron chi connectivity index (χ4n) is 4.56. The van der Waals surface area contributed by atoms with Gasteiger partial charge in [0.1, 0.15) is 5.82 Å². The maximum absolute atomic E-state index is 14.8. The van der Waals surface area contributed by atoms with Crippen LogP contribution in [0.25, 0.3) is 10.9 Å². The monoisotopic (exact) mass is 498 g/mol. The molecule has 0 spiro atoms. The minimum absolute atomic E-state index is 0.0969. The van der Waals surface area contributed by atoms with Crippen molar-refractivity contribution in [2.75, 3.05) is 12.1 Å². The Balaban J connectivity index is 1.64. The molecule has 7 nitrogen and oxygen atoms in total. The summed E-state index contributed by atoms with van der Waals surface area (Å²) >= 11 is 0. The number of aryl methyl sites for hydroxylation is 3. The van der Waals surface area contributed by atoms with E-state index in [9.17, 15) is 18.3 Å². The first kappa shape index (κ1) is 23.9. The number of hydrogen-bond acceptors (Lipinski definition) is 6. The Labute approximate surface area is 205 Å². The van der Waals surface area contributed by atoms with Crippen molar-refractivity contribution in [1.82, 2.24) is 14.5 Å². The number of nitrogens with zero attached hydrogens (tertiary/aromatic N) is 3. The molecule has 5 rings (SSSR count). The molecule has 10 heteroatoms. The second kappa shape index (κ2) is 9.02. The number of pyridine rings is 1. The molecule has 1 aliphatic heterocycles. The van der Waals surface area contributed by atoms with Crippen molar-refractivity contribution >= 4 is 16.6 Å². The molecule has 2 aromatic carbocycles. The molecule has 188 valence electrons. The highest BCUT2D eigenvalue weighted by Crippen LogP contribution is 2.49. The van der Waals surface area contributed by atoms with Crippen LogP contribution in [0.15, 0.2) is 60.9 Å². The number of halogens is 3. The van der Waals surface area contributed by atoms with Gasteiger partial charge in [0.05, 0.1) is 11.6 Å². The van der Waals surface area contributed by atoms with E-state index in [2.05, 4.69) is 15.3 Å². The van der Waals surface area contributed by atoms with Crippen molar-refractivity contribution < 1.29 is 27.8 Å². The first-order valence-corrected chi connectivity index (χ1v) is 11.4. The van der Waals surface area contributed by atoms with Crippen LogP contribution in [0.1, 0.15) is 29.5 Å². The highest BCUT2D eigenvalue weighted by molar-refractivity contribution is 5.91. The average molecular weight is 499 g/mol. The molecule has 0 bridgehead atoms. The quantitative estimate of drug-likeness (QED) is 0.370. The number of benzene rings is 2. The van der Waals surface area contributed by atoms with Crippen LogP contribution in [0.4, 0.5) is 18.9 Å². The summed E-state index contributed by atoms with van der Waals surface area (Å²) < 4.78 is 57.0. The first-order valence-electron chi connectivity index (χ1n) is 11.4. The third-order valence-electron chi connectivity index (χ3n) is 6.53. The number of aromatic nitrogens is 3. The van der Waals surface area contributed by atoms with Crippen molar-refractivity contribution in [1.29, 1.82) is 0 Å². The Hall–Kier alpha value is -3.79. The summed E-state index contributed by atoms with van der Waals surface area (Å²) in [6.45, 7) is 1.72. The Morgan fingerprint density at radius 2 is 1.92 bits per heavy atom. The lowest BCUT2D eigenvalue weighted by Gasteiger charge is -2.39. The van der Waals surface area contributed by atoms with Crippen LogP contribution in [0.5, 0.6) is 11.5 Å². The SMILES string of the molecule is Cc1ccc2c(NC(c3cccc4c3OCO4)C(O)(CCc3nccn3C)C(F)(F)F)cccc2n1. The number of imidazole rings is 1. The number of para-hydroxylation sites is 1. The van der Waals surface area contributed by atoms with Crippen LogP contribution in [-0.2, 0) is 13.5 Å². The molecule has 0 saturated heterocycles. The zero-order valence-corrected chi connectivity index (χ0v) is 19.7. The van der Waals surface area contributed by atoms with Gasteiger partial charge in [0, 0.05) is 48.2 Å². The number of rotatable bonds is 7. The van der Waals surface area contributed by atoms with E-state index in [0.717, 1.165) is 5.69 Å². The molecule has 2 aromatic heterocycles. The van der Waals surface area contributed by atoms with E-state index in [4.69, 9.17) is 9.47 Å². The molecule has 36 heavy (non-hydrogen) atoms. The minimum Gasteiger partial charge on any atom is -0.454 e. The smallest absolute Gasteiger partial charge is 0.419 e. The second-order valence-electron chi connectivity index (χ2n) is 8.86. The minimum atomic E-state index is -4.99. The summed E-state index contributed by atoms with van der Waals surface area (Å²) in [6.07, 6.45) is -2.56. The van der Waals surface area contributed by atoms with E-state index >= 15 is 0 Å². The fraction of sp³-hybridized carbons (Fsp3) is 0.308. The molecule has 2 N–H and O–H groups in total. The zero-order valence-electron chi connectivity index (χ0n) is 19.7. The van der Waals surface area contributed by atoms with Crippen molar-refractivity contribution in [3.8, 4) is 11.5 Å². The van der Waals surface area contributed by atoms with Crippen molar-refractivity contribution in [2.45, 2.75) is 37.6 Å². The molecule has 2 unspecified atom stereocenters. The van der Waals surface area contributed by atoms with Gasteiger partial charge in [0.25, 0.3) is 0 Å². The second-order valence-corrected chi connectivity index (χ2v) is 8.86. The van der Waals surface area contributed by atoms with Gasteiger partial charge in [-0.25, -0.2) is 4.98 Å². The van der Waals surface area contributed by atoms with Gasteiger partial charge in [-0.3, -0.25) is 4.98 Å². The summed E-state index contributed by atoms with van der Waals surface area (Å²) in [4.78, 5) is 8.62. The van der Waals surface area contributed by atoms with Crippen molar-refractivity contribution in [2.24, 2.45) is 7.05 Å². The average Bonchev–Trinajstić information content (AvgIpc) is 3.48. The molecule has 0 radical (unpaired) electrons. The van der Waals surface area contributed by atoms with Crippen molar-refractivity contribution in [3.63, 3.8) is 0 Å². The number of anilines is 1. The Bertz CT molecular complexity index is 1400. The van der Waals surface area contributed by atoms with Crippen LogP contribution < -0.4 is 14.8 Å². The predicted octanol–water partition coefficient (Wildman–Crippen LogP) is 5.08. The number of ether oxygens (including phenoxy) is 2. The number of aliphatic hydroxyl groups is 1. The summed E-state index contributed by atoms with van der Waals surface area (Å²) in [5.74, 6) is 0.922. The summed E-state index contributed by atoms with van der Waals surface area (Å²) in [6, 6.07) is 11.8. The lowest BCUT2D eigenvalue weighted by Crippen LogP contribution is -2.53. The van der Waals surface area contributed by atoms with Gasteiger partial charge in [0.15, 0.2) is 17.1 Å². The zero-order chi connectivity index (χ0) is 25.5. The molecule has 3 heterocycles. The molecule has 0 amide bonds. The van der Waals surface area contributed by atoms with Gasteiger partial charge in [-0.2, -0.15) is 13.2 Å². The normalized spacial score (nSPS) is 15.6. The molecule has 1 aliphatic rings. The van der Waals surface area contributed by atoms with E-state index in [-0.39, 0.29) is 24.5 Å². The van der Waals surface area contributed by atoms with Gasteiger partial charge < -0.3 is 24.5 Å². The lowest BCUT2D eigenvalue weighted by molar-refractivity contribution is -0.269. The van der Waals surface area contributed by atoms with Gasteiger partial charge in [0.2, 0.25) is 6.79 Å². The van der Waals surface area contributed by atoms with Gasteiger partial charge in [-0.15, -0.1) is 0 Å².